The molecule has 106 valence electrons. The lowest BCUT2D eigenvalue weighted by Gasteiger charge is -2.32. The molecule has 0 saturated carbocycles. The highest BCUT2D eigenvalue weighted by Gasteiger charge is 2.25. The average molecular weight is 354 g/mol. The summed E-state index contributed by atoms with van der Waals surface area (Å²) < 4.78 is 19.7. The fourth-order valence-corrected chi connectivity index (χ4v) is 2.21. The molecule has 1 fully saturated rings. The van der Waals surface area contributed by atoms with Gasteiger partial charge in [0.2, 0.25) is 0 Å². The van der Waals surface area contributed by atoms with E-state index < -0.39 is 5.82 Å². The molecule has 19 heavy (non-hydrogen) atoms. The van der Waals surface area contributed by atoms with Crippen molar-refractivity contribution in [3.8, 4) is 0 Å². The molecule has 1 aliphatic heterocycles. The number of carbonyl (C=O) groups excluding carboxylic acids is 1. The first-order chi connectivity index (χ1) is 8.61. The van der Waals surface area contributed by atoms with Gasteiger partial charge < -0.3 is 15.4 Å². The molecule has 1 saturated heterocycles. The molecule has 4 nitrogen and oxygen atoms in total. The van der Waals surface area contributed by atoms with Crippen molar-refractivity contribution >= 4 is 34.2 Å². The number of nitrogens with two attached hydrogens (primary N) is 1. The second-order valence-electron chi connectivity index (χ2n) is 4.10. The van der Waals surface area contributed by atoms with E-state index in [1.807, 2.05) is 0 Å². The van der Waals surface area contributed by atoms with Crippen molar-refractivity contribution in [3.05, 3.63) is 34.1 Å². The van der Waals surface area contributed by atoms with Gasteiger partial charge in [-0.3, -0.25) is 4.79 Å². The number of nitrogens with zero attached hydrogens (tertiary/aromatic N) is 1. The third-order valence-corrected chi connectivity index (χ3v) is 3.34. The molecule has 1 atom stereocenters. The van der Waals surface area contributed by atoms with Crippen LogP contribution in [0.4, 0.5) is 4.39 Å². The highest BCUT2D eigenvalue weighted by molar-refractivity contribution is 9.10. The number of rotatable bonds is 2. The molecule has 2 rings (SSSR count). The van der Waals surface area contributed by atoms with Crippen LogP contribution in [0.15, 0.2) is 22.7 Å². The molecule has 0 radical (unpaired) electrons. The molecule has 1 amide bonds. The first-order valence-electron chi connectivity index (χ1n) is 5.68. The van der Waals surface area contributed by atoms with Crippen molar-refractivity contribution in [1.29, 1.82) is 0 Å². The van der Waals surface area contributed by atoms with Gasteiger partial charge in [-0.1, -0.05) is 15.9 Å². The summed E-state index contributed by atoms with van der Waals surface area (Å²) in [4.78, 5) is 13.7. The summed E-state index contributed by atoms with van der Waals surface area (Å²) in [6.07, 6.45) is -0.166. The van der Waals surface area contributed by atoms with Crippen molar-refractivity contribution in [2.75, 3.05) is 26.2 Å². The van der Waals surface area contributed by atoms with Gasteiger partial charge in [0.15, 0.2) is 0 Å². The average Bonchev–Trinajstić information content (AvgIpc) is 2.38. The van der Waals surface area contributed by atoms with Gasteiger partial charge in [-0.05, 0) is 18.2 Å². The predicted molar refractivity (Wildman–Crippen MR) is 76.0 cm³/mol. The molecule has 0 aromatic heterocycles. The first-order valence-corrected chi connectivity index (χ1v) is 6.47. The highest BCUT2D eigenvalue weighted by Crippen LogP contribution is 2.18. The van der Waals surface area contributed by atoms with Gasteiger partial charge >= 0.3 is 0 Å². The molecule has 7 heteroatoms. The third kappa shape index (κ3) is 3.89. The first kappa shape index (κ1) is 16.4. The van der Waals surface area contributed by atoms with Crippen LogP contribution in [-0.4, -0.2) is 43.2 Å². The Morgan fingerprint density at radius 2 is 2.32 bits per heavy atom. The molecule has 1 heterocycles. The summed E-state index contributed by atoms with van der Waals surface area (Å²) in [5, 5.41) is 0. The second-order valence-corrected chi connectivity index (χ2v) is 5.02. The Morgan fingerprint density at radius 3 is 2.95 bits per heavy atom. The van der Waals surface area contributed by atoms with E-state index in [4.69, 9.17) is 10.5 Å². The minimum absolute atomic E-state index is 0. The summed E-state index contributed by atoms with van der Waals surface area (Å²) in [6.45, 7) is 1.66. The van der Waals surface area contributed by atoms with Crippen LogP contribution >= 0.6 is 28.3 Å². The maximum Gasteiger partial charge on any atom is 0.256 e. The van der Waals surface area contributed by atoms with Crippen molar-refractivity contribution in [2.24, 2.45) is 5.73 Å². The molecule has 1 aromatic rings. The van der Waals surface area contributed by atoms with Crippen molar-refractivity contribution in [1.82, 2.24) is 4.90 Å². The summed E-state index contributed by atoms with van der Waals surface area (Å²) >= 11 is 3.16. The van der Waals surface area contributed by atoms with Gasteiger partial charge in [0.1, 0.15) is 5.82 Å². The number of hydrogen-bond donors (Lipinski definition) is 1. The summed E-state index contributed by atoms with van der Waals surface area (Å²) in [6, 6.07) is 4.42. The van der Waals surface area contributed by atoms with Gasteiger partial charge in [0.25, 0.3) is 5.91 Å². The number of amides is 1. The standard InChI is InChI=1S/C12H14BrFN2O2.ClH/c13-8-1-2-10(11(14)5-8)12(17)16-3-4-18-9(6-15)7-16;/h1-2,5,9H,3-4,6-7,15H2;1H. The third-order valence-electron chi connectivity index (χ3n) is 2.85. The van der Waals surface area contributed by atoms with Crippen LogP contribution in [0.1, 0.15) is 10.4 Å². The van der Waals surface area contributed by atoms with Gasteiger partial charge in [-0.15, -0.1) is 12.4 Å². The maximum absolute atomic E-state index is 13.7. The Labute approximate surface area is 125 Å². The van der Waals surface area contributed by atoms with Crippen LogP contribution in [0.5, 0.6) is 0 Å². The van der Waals surface area contributed by atoms with E-state index in [-0.39, 0.29) is 30.0 Å². The van der Waals surface area contributed by atoms with Crippen LogP contribution in [0.2, 0.25) is 0 Å². The van der Waals surface area contributed by atoms with Gasteiger partial charge in [-0.25, -0.2) is 4.39 Å². The molecule has 0 spiro atoms. The van der Waals surface area contributed by atoms with Crippen molar-refractivity contribution < 1.29 is 13.9 Å². The molecule has 1 unspecified atom stereocenters. The zero-order valence-corrected chi connectivity index (χ0v) is 12.5. The largest absolute Gasteiger partial charge is 0.373 e. The van der Waals surface area contributed by atoms with Gasteiger partial charge in [0, 0.05) is 24.1 Å². The molecule has 0 aliphatic carbocycles. The molecule has 1 aliphatic rings. The van der Waals surface area contributed by atoms with E-state index in [1.54, 1.807) is 11.0 Å². The van der Waals surface area contributed by atoms with Gasteiger partial charge in [-0.2, -0.15) is 0 Å². The van der Waals surface area contributed by atoms with Gasteiger partial charge in [0.05, 0.1) is 18.3 Å². The lowest BCUT2D eigenvalue weighted by molar-refractivity contribution is -0.0169. The van der Waals surface area contributed by atoms with Crippen LogP contribution in [-0.2, 0) is 4.74 Å². The SMILES string of the molecule is Cl.NCC1CN(C(=O)c2ccc(Br)cc2F)CCO1. The van der Waals surface area contributed by atoms with Crippen LogP contribution in [0.25, 0.3) is 0 Å². The molecule has 0 bridgehead atoms. The lowest BCUT2D eigenvalue weighted by Crippen LogP contribution is -2.48. The predicted octanol–water partition coefficient (Wildman–Crippen LogP) is 1.81. The monoisotopic (exact) mass is 352 g/mol. The van der Waals surface area contributed by atoms with Crippen molar-refractivity contribution in [3.63, 3.8) is 0 Å². The highest BCUT2D eigenvalue weighted by atomic mass is 79.9. The van der Waals surface area contributed by atoms with E-state index in [9.17, 15) is 9.18 Å². The smallest absolute Gasteiger partial charge is 0.256 e. The number of benzene rings is 1. The maximum atomic E-state index is 13.7. The van der Waals surface area contributed by atoms with Crippen molar-refractivity contribution in [2.45, 2.75) is 6.10 Å². The normalized spacial score (nSPS) is 18.9. The number of hydrogen-bond acceptors (Lipinski definition) is 3. The Bertz CT molecular complexity index is 461. The number of carbonyl (C=O) groups is 1. The number of morpholine rings is 1. The van der Waals surface area contributed by atoms with E-state index >= 15 is 0 Å². The summed E-state index contributed by atoms with van der Waals surface area (Å²) in [5.74, 6) is -0.841. The Kier molecular flexibility index (Phi) is 6.19. The van der Waals surface area contributed by atoms with Crippen LogP contribution < -0.4 is 5.73 Å². The number of ether oxygens (including phenoxy) is 1. The zero-order valence-electron chi connectivity index (χ0n) is 10.1. The van der Waals surface area contributed by atoms with E-state index in [0.717, 1.165) is 0 Å². The summed E-state index contributed by atoms with van der Waals surface area (Å²) in [7, 11) is 0. The van der Waals surface area contributed by atoms with Crippen LogP contribution in [0.3, 0.4) is 0 Å². The minimum Gasteiger partial charge on any atom is -0.373 e. The van der Waals surface area contributed by atoms with E-state index in [2.05, 4.69) is 15.9 Å². The summed E-state index contributed by atoms with van der Waals surface area (Å²) in [5.41, 5.74) is 5.59. The van der Waals surface area contributed by atoms with Crippen LogP contribution in [0, 0.1) is 5.82 Å². The van der Waals surface area contributed by atoms with E-state index in [1.165, 1.54) is 12.1 Å². The zero-order chi connectivity index (χ0) is 13.1. The second kappa shape index (κ2) is 7.19. The Hall–Kier alpha value is -0.690. The fourth-order valence-electron chi connectivity index (χ4n) is 1.88. The molecular weight excluding hydrogens is 338 g/mol. The lowest BCUT2D eigenvalue weighted by atomic mass is 10.1. The van der Waals surface area contributed by atoms with E-state index in [0.29, 0.717) is 30.7 Å². The molecular formula is C12H15BrClFN2O2. The fraction of sp³-hybridized carbons (Fsp3) is 0.417. The minimum atomic E-state index is -0.523. The Morgan fingerprint density at radius 1 is 1.58 bits per heavy atom. The molecule has 1 aromatic carbocycles. The topological polar surface area (TPSA) is 55.6 Å². The molecule has 2 N–H and O–H groups in total. The number of halogens is 3. The Balaban J connectivity index is 0.00000180. The quantitative estimate of drug-likeness (QED) is 0.882.